The van der Waals surface area contributed by atoms with Crippen LogP contribution >= 0.6 is 0 Å². The standard InChI is InChI=1S/C12H13NO4S/c14-9-11-6-7-12(17-11)18(15,16)13-8-10-4-2-1-3-5-10/h1-7,13-14H,8-9H2. The van der Waals surface area contributed by atoms with Gasteiger partial charge in [0, 0.05) is 6.54 Å². The lowest BCUT2D eigenvalue weighted by molar-refractivity contribution is 0.236. The van der Waals surface area contributed by atoms with Crippen LogP contribution < -0.4 is 4.72 Å². The monoisotopic (exact) mass is 267 g/mol. The number of nitrogens with one attached hydrogen (secondary N) is 1. The fourth-order valence-electron chi connectivity index (χ4n) is 1.43. The molecule has 0 saturated carbocycles. The van der Waals surface area contributed by atoms with Crippen molar-refractivity contribution in [3.8, 4) is 0 Å². The number of aliphatic hydroxyl groups excluding tert-OH is 1. The summed E-state index contributed by atoms with van der Waals surface area (Å²) in [7, 11) is -3.68. The second-order valence-corrected chi connectivity index (χ2v) is 5.39. The molecule has 0 bridgehead atoms. The van der Waals surface area contributed by atoms with E-state index in [4.69, 9.17) is 9.52 Å². The maximum atomic E-state index is 11.8. The van der Waals surface area contributed by atoms with Crippen molar-refractivity contribution in [2.24, 2.45) is 0 Å². The number of hydrogen-bond donors (Lipinski definition) is 2. The van der Waals surface area contributed by atoms with Gasteiger partial charge in [-0.2, -0.15) is 0 Å². The van der Waals surface area contributed by atoms with E-state index in [9.17, 15) is 8.42 Å². The molecule has 0 amide bonds. The molecule has 0 aliphatic carbocycles. The zero-order valence-corrected chi connectivity index (χ0v) is 10.4. The smallest absolute Gasteiger partial charge is 0.274 e. The predicted octanol–water partition coefficient (Wildman–Crippen LogP) is 1.25. The van der Waals surface area contributed by atoms with Crippen LogP contribution in [0.4, 0.5) is 0 Å². The topological polar surface area (TPSA) is 79.5 Å². The van der Waals surface area contributed by atoms with Crippen molar-refractivity contribution in [3.63, 3.8) is 0 Å². The largest absolute Gasteiger partial charge is 0.446 e. The van der Waals surface area contributed by atoms with Crippen LogP contribution in [0.3, 0.4) is 0 Å². The lowest BCUT2D eigenvalue weighted by atomic mass is 10.2. The van der Waals surface area contributed by atoms with Gasteiger partial charge in [-0.25, -0.2) is 13.1 Å². The molecule has 0 atom stereocenters. The fraction of sp³-hybridized carbons (Fsp3) is 0.167. The molecule has 5 nitrogen and oxygen atoms in total. The van der Waals surface area contributed by atoms with Crippen molar-refractivity contribution in [2.45, 2.75) is 18.2 Å². The Bertz CT molecular complexity index is 604. The lowest BCUT2D eigenvalue weighted by Gasteiger charge is -2.04. The van der Waals surface area contributed by atoms with Crippen LogP contribution in [0.5, 0.6) is 0 Å². The summed E-state index contributed by atoms with van der Waals surface area (Å²) in [4.78, 5) is 0. The lowest BCUT2D eigenvalue weighted by Crippen LogP contribution is -2.22. The normalized spacial score (nSPS) is 11.6. The van der Waals surface area contributed by atoms with Gasteiger partial charge >= 0.3 is 0 Å². The highest BCUT2D eigenvalue weighted by atomic mass is 32.2. The summed E-state index contributed by atoms with van der Waals surface area (Å²) >= 11 is 0. The van der Waals surface area contributed by atoms with Crippen molar-refractivity contribution < 1.29 is 17.9 Å². The fourth-order valence-corrected chi connectivity index (χ4v) is 2.40. The minimum atomic E-state index is -3.68. The van der Waals surface area contributed by atoms with E-state index in [1.54, 1.807) is 0 Å². The third-order valence-electron chi connectivity index (χ3n) is 2.37. The number of aliphatic hydroxyl groups is 1. The SMILES string of the molecule is O=S(=O)(NCc1ccccc1)c1ccc(CO)o1. The number of benzene rings is 1. The molecular formula is C12H13NO4S. The van der Waals surface area contributed by atoms with Crippen molar-refractivity contribution in [1.82, 2.24) is 4.72 Å². The Morgan fingerprint density at radius 1 is 1.11 bits per heavy atom. The molecule has 0 spiro atoms. The van der Waals surface area contributed by atoms with Crippen LogP contribution in [0.15, 0.2) is 52.0 Å². The summed E-state index contributed by atoms with van der Waals surface area (Å²) in [5.74, 6) is 0.218. The average molecular weight is 267 g/mol. The summed E-state index contributed by atoms with van der Waals surface area (Å²) in [6, 6.07) is 11.9. The summed E-state index contributed by atoms with van der Waals surface area (Å²) < 4.78 is 31.1. The average Bonchev–Trinajstić information content (AvgIpc) is 2.87. The molecule has 0 radical (unpaired) electrons. The molecule has 1 aromatic heterocycles. The Labute approximate surface area is 105 Å². The minimum absolute atomic E-state index is 0.192. The third-order valence-corrected chi connectivity index (χ3v) is 3.64. The van der Waals surface area contributed by atoms with Gasteiger partial charge in [0.2, 0.25) is 5.09 Å². The van der Waals surface area contributed by atoms with Gasteiger partial charge in [0.05, 0.1) is 0 Å². The second-order valence-electron chi connectivity index (χ2n) is 3.69. The van der Waals surface area contributed by atoms with Gasteiger partial charge in [-0.05, 0) is 17.7 Å². The maximum Gasteiger partial charge on any atom is 0.274 e. The predicted molar refractivity (Wildman–Crippen MR) is 65.1 cm³/mol. The van der Waals surface area contributed by atoms with E-state index < -0.39 is 10.0 Å². The number of sulfonamides is 1. The van der Waals surface area contributed by atoms with Crippen LogP contribution in [0.1, 0.15) is 11.3 Å². The molecule has 0 fully saturated rings. The quantitative estimate of drug-likeness (QED) is 0.854. The molecule has 96 valence electrons. The van der Waals surface area contributed by atoms with Gasteiger partial charge in [0.25, 0.3) is 10.0 Å². The summed E-state index contributed by atoms with van der Waals surface area (Å²) in [5, 5.41) is 8.62. The van der Waals surface area contributed by atoms with Crippen molar-refractivity contribution in [3.05, 3.63) is 53.8 Å². The van der Waals surface area contributed by atoms with Crippen LogP contribution in [0.25, 0.3) is 0 Å². The van der Waals surface area contributed by atoms with E-state index in [0.717, 1.165) is 5.56 Å². The first-order chi connectivity index (χ1) is 8.62. The third kappa shape index (κ3) is 2.98. The Morgan fingerprint density at radius 2 is 1.83 bits per heavy atom. The first-order valence-electron chi connectivity index (χ1n) is 5.35. The van der Waals surface area contributed by atoms with Crippen LogP contribution in [0, 0.1) is 0 Å². The highest BCUT2D eigenvalue weighted by Crippen LogP contribution is 2.14. The van der Waals surface area contributed by atoms with E-state index >= 15 is 0 Å². The molecule has 1 aromatic carbocycles. The van der Waals surface area contributed by atoms with Crippen LogP contribution in [-0.4, -0.2) is 13.5 Å². The Kier molecular flexibility index (Phi) is 3.81. The minimum Gasteiger partial charge on any atom is -0.446 e. The highest BCUT2D eigenvalue weighted by molar-refractivity contribution is 7.89. The molecule has 2 rings (SSSR count). The van der Waals surface area contributed by atoms with E-state index in [0.29, 0.717) is 0 Å². The number of hydrogen-bond acceptors (Lipinski definition) is 4. The molecule has 0 unspecified atom stereocenters. The zero-order chi connectivity index (χ0) is 13.0. The summed E-state index contributed by atoms with van der Waals surface area (Å²) in [6.07, 6.45) is 0. The molecule has 18 heavy (non-hydrogen) atoms. The Morgan fingerprint density at radius 3 is 2.44 bits per heavy atom. The maximum absolute atomic E-state index is 11.8. The van der Waals surface area contributed by atoms with Gasteiger partial charge < -0.3 is 9.52 Å². The first kappa shape index (κ1) is 12.8. The molecular weight excluding hydrogens is 254 g/mol. The summed E-state index contributed by atoms with van der Waals surface area (Å²) in [6.45, 7) is -0.132. The van der Waals surface area contributed by atoms with E-state index in [1.807, 2.05) is 30.3 Å². The van der Waals surface area contributed by atoms with Crippen LogP contribution in [-0.2, 0) is 23.2 Å². The first-order valence-corrected chi connectivity index (χ1v) is 6.83. The van der Waals surface area contributed by atoms with Gasteiger partial charge in [-0.1, -0.05) is 30.3 Å². The second kappa shape index (κ2) is 5.34. The molecule has 0 saturated heterocycles. The molecule has 2 N–H and O–H groups in total. The molecule has 6 heteroatoms. The zero-order valence-electron chi connectivity index (χ0n) is 9.54. The van der Waals surface area contributed by atoms with Gasteiger partial charge in [0.15, 0.2) is 0 Å². The van der Waals surface area contributed by atoms with Crippen molar-refractivity contribution in [1.29, 1.82) is 0 Å². The van der Waals surface area contributed by atoms with E-state index in [-0.39, 0.29) is 24.0 Å². The van der Waals surface area contributed by atoms with E-state index in [2.05, 4.69) is 4.72 Å². The van der Waals surface area contributed by atoms with Gasteiger partial charge in [0.1, 0.15) is 12.4 Å². The number of rotatable bonds is 5. The van der Waals surface area contributed by atoms with Gasteiger partial charge in [-0.15, -0.1) is 0 Å². The number of furan rings is 1. The van der Waals surface area contributed by atoms with Crippen molar-refractivity contribution >= 4 is 10.0 Å². The van der Waals surface area contributed by atoms with Gasteiger partial charge in [-0.3, -0.25) is 0 Å². The highest BCUT2D eigenvalue weighted by Gasteiger charge is 2.18. The van der Waals surface area contributed by atoms with E-state index in [1.165, 1.54) is 12.1 Å². The molecule has 1 heterocycles. The molecule has 0 aliphatic heterocycles. The van der Waals surface area contributed by atoms with Crippen molar-refractivity contribution in [2.75, 3.05) is 0 Å². The molecule has 2 aromatic rings. The Hall–Kier alpha value is -1.63. The van der Waals surface area contributed by atoms with Crippen LogP contribution in [0.2, 0.25) is 0 Å². The summed E-state index contributed by atoms with van der Waals surface area (Å²) in [5.41, 5.74) is 0.856. The molecule has 0 aliphatic rings. The Balaban J connectivity index is 2.08.